The molecule has 0 aromatic rings. The molecule has 2 rings (SSSR count). The van der Waals surface area contributed by atoms with Gasteiger partial charge in [-0.1, -0.05) is 0 Å². The van der Waals surface area contributed by atoms with Crippen molar-refractivity contribution in [2.45, 2.75) is 51.3 Å². The van der Waals surface area contributed by atoms with Crippen molar-refractivity contribution < 1.29 is 19.0 Å². The number of carbonyl (C=O) groups is 1. The third-order valence-electron chi connectivity index (χ3n) is 4.07. The first kappa shape index (κ1) is 13.6. The SMILES string of the molecule is CC(C)(C)OC(=O)N1C[C@@]2(F)CCC[C@@]2(CO)C1. The van der Waals surface area contributed by atoms with Crippen LogP contribution >= 0.6 is 0 Å². The van der Waals surface area contributed by atoms with Crippen molar-refractivity contribution in [3.8, 4) is 0 Å². The van der Waals surface area contributed by atoms with Crippen LogP contribution in [0.5, 0.6) is 0 Å². The lowest BCUT2D eigenvalue weighted by Gasteiger charge is -2.30. The van der Waals surface area contributed by atoms with Crippen LogP contribution in [0.15, 0.2) is 0 Å². The maximum absolute atomic E-state index is 14.8. The number of fused-ring (bicyclic) bond motifs is 1. The lowest BCUT2D eigenvalue weighted by atomic mass is 9.79. The molecule has 0 spiro atoms. The number of alkyl halides is 1. The summed E-state index contributed by atoms with van der Waals surface area (Å²) in [5.41, 5.74) is -2.80. The van der Waals surface area contributed by atoms with Gasteiger partial charge < -0.3 is 14.7 Å². The van der Waals surface area contributed by atoms with Crippen LogP contribution in [-0.2, 0) is 4.74 Å². The number of hydrogen-bond acceptors (Lipinski definition) is 3. The summed E-state index contributed by atoms with van der Waals surface area (Å²) in [4.78, 5) is 13.4. The molecule has 4 nitrogen and oxygen atoms in total. The molecule has 104 valence electrons. The first-order valence-electron chi connectivity index (χ1n) is 6.49. The summed E-state index contributed by atoms with van der Waals surface area (Å²) in [6, 6.07) is 0. The average molecular weight is 259 g/mol. The largest absolute Gasteiger partial charge is 0.444 e. The summed E-state index contributed by atoms with van der Waals surface area (Å²) in [5.74, 6) is 0. The maximum atomic E-state index is 14.8. The van der Waals surface area contributed by atoms with Crippen molar-refractivity contribution in [2.75, 3.05) is 19.7 Å². The highest BCUT2D eigenvalue weighted by Gasteiger charge is 2.62. The van der Waals surface area contributed by atoms with Crippen LogP contribution in [0, 0.1) is 5.41 Å². The van der Waals surface area contributed by atoms with E-state index in [9.17, 15) is 14.3 Å². The quantitative estimate of drug-likeness (QED) is 0.784. The monoisotopic (exact) mass is 259 g/mol. The molecule has 1 saturated carbocycles. The van der Waals surface area contributed by atoms with E-state index in [0.717, 1.165) is 6.42 Å². The van der Waals surface area contributed by atoms with Gasteiger partial charge in [-0.05, 0) is 40.0 Å². The molecule has 0 radical (unpaired) electrons. The molecule has 2 atom stereocenters. The minimum atomic E-state index is -1.45. The van der Waals surface area contributed by atoms with E-state index in [1.165, 1.54) is 4.90 Å². The zero-order valence-corrected chi connectivity index (χ0v) is 11.3. The van der Waals surface area contributed by atoms with Crippen LogP contribution in [0.4, 0.5) is 9.18 Å². The Hall–Kier alpha value is -0.840. The molecule has 1 aliphatic carbocycles. The molecule has 1 amide bonds. The van der Waals surface area contributed by atoms with Crippen molar-refractivity contribution in [3.05, 3.63) is 0 Å². The lowest BCUT2D eigenvalue weighted by molar-refractivity contribution is 0.0201. The van der Waals surface area contributed by atoms with E-state index >= 15 is 0 Å². The summed E-state index contributed by atoms with van der Waals surface area (Å²) in [6.45, 7) is 5.46. The number of rotatable bonds is 1. The van der Waals surface area contributed by atoms with E-state index < -0.39 is 22.8 Å². The molecular formula is C13H22FNO3. The predicted molar refractivity (Wildman–Crippen MR) is 65.0 cm³/mol. The Bertz CT molecular complexity index is 355. The first-order chi connectivity index (χ1) is 8.21. The summed E-state index contributed by atoms with van der Waals surface area (Å²) >= 11 is 0. The van der Waals surface area contributed by atoms with Crippen LogP contribution in [0.2, 0.25) is 0 Å². The predicted octanol–water partition coefficient (Wildman–Crippen LogP) is 2.11. The van der Waals surface area contributed by atoms with Crippen molar-refractivity contribution in [1.29, 1.82) is 0 Å². The summed E-state index contributed by atoms with van der Waals surface area (Å²) < 4.78 is 20.0. The Balaban J connectivity index is 2.10. The van der Waals surface area contributed by atoms with Crippen molar-refractivity contribution in [1.82, 2.24) is 4.90 Å². The van der Waals surface area contributed by atoms with Gasteiger partial charge in [0.1, 0.15) is 11.3 Å². The molecule has 2 aliphatic rings. The second-order valence-corrected chi connectivity index (χ2v) is 6.59. The molecule has 0 aromatic heterocycles. The molecule has 0 aromatic carbocycles. The van der Waals surface area contributed by atoms with Gasteiger partial charge in [-0.3, -0.25) is 0 Å². The van der Waals surface area contributed by atoms with E-state index in [2.05, 4.69) is 0 Å². The molecule has 2 fully saturated rings. The Morgan fingerprint density at radius 1 is 1.39 bits per heavy atom. The number of amides is 1. The highest BCUT2D eigenvalue weighted by molar-refractivity contribution is 5.69. The molecule has 0 bridgehead atoms. The highest BCUT2D eigenvalue weighted by atomic mass is 19.1. The summed E-state index contributed by atoms with van der Waals surface area (Å²) in [5, 5.41) is 9.51. The highest BCUT2D eigenvalue weighted by Crippen LogP contribution is 2.53. The molecule has 5 heteroatoms. The Kier molecular flexibility index (Phi) is 3.08. The Morgan fingerprint density at radius 3 is 2.56 bits per heavy atom. The molecule has 1 N–H and O–H groups in total. The third kappa shape index (κ3) is 2.09. The first-order valence-corrected chi connectivity index (χ1v) is 6.49. The van der Waals surface area contributed by atoms with Crippen molar-refractivity contribution in [2.24, 2.45) is 5.41 Å². The Morgan fingerprint density at radius 2 is 2.06 bits per heavy atom. The fourth-order valence-electron chi connectivity index (χ4n) is 3.11. The Labute approximate surface area is 107 Å². The van der Waals surface area contributed by atoms with Crippen LogP contribution in [-0.4, -0.2) is 47.1 Å². The number of halogens is 1. The van der Waals surface area contributed by atoms with Crippen molar-refractivity contribution >= 4 is 6.09 Å². The van der Waals surface area contributed by atoms with Crippen LogP contribution in [0.3, 0.4) is 0 Å². The number of aliphatic hydroxyl groups is 1. The second-order valence-electron chi connectivity index (χ2n) is 6.59. The van der Waals surface area contributed by atoms with Crippen LogP contribution in [0.1, 0.15) is 40.0 Å². The van der Waals surface area contributed by atoms with E-state index in [-0.39, 0.29) is 19.7 Å². The van der Waals surface area contributed by atoms with Gasteiger partial charge in [0.15, 0.2) is 0 Å². The van der Waals surface area contributed by atoms with Gasteiger partial charge in [0.2, 0.25) is 0 Å². The van der Waals surface area contributed by atoms with Crippen molar-refractivity contribution in [3.63, 3.8) is 0 Å². The third-order valence-corrected chi connectivity index (χ3v) is 4.07. The normalized spacial score (nSPS) is 35.7. The minimum absolute atomic E-state index is 0.0441. The van der Waals surface area contributed by atoms with Gasteiger partial charge >= 0.3 is 6.09 Å². The summed E-state index contributed by atoms with van der Waals surface area (Å²) in [6.07, 6.45) is 1.35. The number of hydrogen-bond donors (Lipinski definition) is 1. The fourth-order valence-corrected chi connectivity index (χ4v) is 3.11. The molecule has 1 saturated heterocycles. The number of likely N-dealkylation sites (tertiary alicyclic amines) is 1. The summed E-state index contributed by atoms with van der Waals surface area (Å²) in [7, 11) is 0. The zero-order valence-electron chi connectivity index (χ0n) is 11.3. The minimum Gasteiger partial charge on any atom is -0.444 e. The van der Waals surface area contributed by atoms with E-state index in [1.807, 2.05) is 0 Å². The standard InChI is InChI=1S/C13H22FNO3/c1-11(2,3)18-10(17)15-7-12(9-16)5-4-6-13(12,14)8-15/h16H,4-9H2,1-3H3/t12-,13-/m0/s1. The van der Waals surface area contributed by atoms with E-state index in [4.69, 9.17) is 4.74 Å². The fraction of sp³-hybridized carbons (Fsp3) is 0.923. The number of carbonyl (C=O) groups excluding carboxylic acids is 1. The molecule has 1 heterocycles. The van der Waals surface area contributed by atoms with Gasteiger partial charge in [-0.2, -0.15) is 0 Å². The van der Waals surface area contributed by atoms with Gasteiger partial charge in [-0.15, -0.1) is 0 Å². The van der Waals surface area contributed by atoms with Gasteiger partial charge in [-0.25, -0.2) is 9.18 Å². The number of aliphatic hydroxyl groups excluding tert-OH is 1. The molecule has 18 heavy (non-hydrogen) atoms. The molecular weight excluding hydrogens is 237 g/mol. The van der Waals surface area contributed by atoms with Gasteiger partial charge in [0.25, 0.3) is 0 Å². The molecule has 1 aliphatic heterocycles. The smallest absolute Gasteiger partial charge is 0.410 e. The lowest BCUT2D eigenvalue weighted by Crippen LogP contribution is -2.41. The van der Waals surface area contributed by atoms with E-state index in [1.54, 1.807) is 20.8 Å². The van der Waals surface area contributed by atoms with Gasteiger partial charge in [0, 0.05) is 12.0 Å². The molecule has 0 unspecified atom stereocenters. The van der Waals surface area contributed by atoms with Crippen LogP contribution < -0.4 is 0 Å². The second kappa shape index (κ2) is 4.08. The van der Waals surface area contributed by atoms with Crippen LogP contribution in [0.25, 0.3) is 0 Å². The van der Waals surface area contributed by atoms with Gasteiger partial charge in [0.05, 0.1) is 13.2 Å². The number of nitrogens with zero attached hydrogens (tertiary/aromatic N) is 1. The average Bonchev–Trinajstić information content (AvgIpc) is 2.65. The zero-order chi connectivity index (χ0) is 13.6. The topological polar surface area (TPSA) is 49.8 Å². The number of ether oxygens (including phenoxy) is 1. The van der Waals surface area contributed by atoms with E-state index in [0.29, 0.717) is 12.8 Å². The maximum Gasteiger partial charge on any atom is 0.410 e.